The van der Waals surface area contributed by atoms with E-state index >= 15 is 0 Å². The van der Waals surface area contributed by atoms with Gasteiger partial charge in [-0.3, -0.25) is 0 Å². The molecule has 1 N–H and O–H groups in total. The lowest BCUT2D eigenvalue weighted by Crippen LogP contribution is -2.48. The summed E-state index contributed by atoms with van der Waals surface area (Å²) in [4.78, 5) is 2.43. The van der Waals surface area contributed by atoms with E-state index in [1.54, 1.807) is 11.0 Å². The van der Waals surface area contributed by atoms with Crippen molar-refractivity contribution in [3.05, 3.63) is 30.6 Å². The number of likely N-dealkylation sites (tertiary alicyclic amines) is 1. The van der Waals surface area contributed by atoms with E-state index < -0.39 is 0 Å². The Bertz CT molecular complexity index is 564. The molecular weight excluding hydrogens is 264 g/mol. The topological polar surface area (TPSA) is 58.9 Å². The Labute approximate surface area is 125 Å². The van der Waals surface area contributed by atoms with E-state index in [9.17, 15) is 0 Å². The molecule has 1 aliphatic rings. The van der Waals surface area contributed by atoms with Crippen molar-refractivity contribution in [1.29, 1.82) is 0 Å². The molecule has 0 aliphatic carbocycles. The van der Waals surface area contributed by atoms with Crippen LogP contribution in [0.25, 0.3) is 5.69 Å². The molecule has 6 nitrogen and oxygen atoms in total. The predicted octanol–water partition coefficient (Wildman–Crippen LogP) is 1.80. The van der Waals surface area contributed by atoms with Gasteiger partial charge in [-0.15, -0.1) is 5.10 Å². The minimum Gasteiger partial charge on any atom is -0.382 e. The number of benzene rings is 1. The summed E-state index contributed by atoms with van der Waals surface area (Å²) < 4.78 is 1.66. The molecule has 1 aliphatic heterocycles. The Kier molecular flexibility index (Phi) is 3.88. The van der Waals surface area contributed by atoms with Crippen LogP contribution in [0.1, 0.15) is 20.3 Å². The molecule has 6 heteroatoms. The molecule has 0 amide bonds. The quantitative estimate of drug-likeness (QED) is 0.932. The Morgan fingerprint density at radius 2 is 1.95 bits per heavy atom. The van der Waals surface area contributed by atoms with Gasteiger partial charge in [0.1, 0.15) is 6.33 Å². The van der Waals surface area contributed by atoms with Crippen LogP contribution in [0.5, 0.6) is 0 Å². The SMILES string of the molecule is CC1CN(C)C(C)CC1Nc1ccc(-n2cnnn2)cc1. The maximum atomic E-state index is 3.89. The van der Waals surface area contributed by atoms with Gasteiger partial charge in [0.2, 0.25) is 0 Å². The lowest BCUT2D eigenvalue weighted by Gasteiger charge is -2.40. The Morgan fingerprint density at radius 3 is 2.62 bits per heavy atom. The second kappa shape index (κ2) is 5.81. The van der Waals surface area contributed by atoms with Crippen LogP contribution < -0.4 is 5.32 Å². The van der Waals surface area contributed by atoms with Crippen LogP contribution in [0.15, 0.2) is 30.6 Å². The zero-order valence-electron chi connectivity index (χ0n) is 12.8. The third-order valence-corrected chi connectivity index (χ3v) is 4.44. The van der Waals surface area contributed by atoms with E-state index in [0.29, 0.717) is 18.0 Å². The smallest absolute Gasteiger partial charge is 0.143 e. The second-order valence-electron chi connectivity index (χ2n) is 6.05. The summed E-state index contributed by atoms with van der Waals surface area (Å²) in [6.07, 6.45) is 2.77. The molecule has 0 radical (unpaired) electrons. The highest BCUT2D eigenvalue weighted by Gasteiger charge is 2.28. The van der Waals surface area contributed by atoms with E-state index in [1.165, 1.54) is 6.42 Å². The van der Waals surface area contributed by atoms with E-state index in [2.05, 4.69) is 58.8 Å². The van der Waals surface area contributed by atoms with Gasteiger partial charge in [0.15, 0.2) is 0 Å². The fraction of sp³-hybridized carbons (Fsp3) is 0.533. The van der Waals surface area contributed by atoms with Crippen LogP contribution in [0.3, 0.4) is 0 Å². The molecule has 3 unspecified atom stereocenters. The van der Waals surface area contributed by atoms with Crippen molar-refractivity contribution in [1.82, 2.24) is 25.1 Å². The van der Waals surface area contributed by atoms with Crippen molar-refractivity contribution in [2.75, 3.05) is 18.9 Å². The zero-order valence-corrected chi connectivity index (χ0v) is 12.8. The maximum absolute atomic E-state index is 3.89. The van der Waals surface area contributed by atoms with Gasteiger partial charge in [-0.2, -0.15) is 0 Å². The minimum atomic E-state index is 0.523. The van der Waals surface area contributed by atoms with Gasteiger partial charge in [-0.1, -0.05) is 6.92 Å². The summed E-state index contributed by atoms with van der Waals surface area (Å²) >= 11 is 0. The molecule has 1 saturated heterocycles. The van der Waals surface area contributed by atoms with Gasteiger partial charge < -0.3 is 10.2 Å². The Morgan fingerprint density at radius 1 is 1.19 bits per heavy atom. The molecule has 21 heavy (non-hydrogen) atoms. The summed E-state index contributed by atoms with van der Waals surface area (Å²) in [6, 6.07) is 9.39. The number of nitrogens with zero attached hydrogens (tertiary/aromatic N) is 5. The molecule has 2 aromatic rings. The summed E-state index contributed by atoms with van der Waals surface area (Å²) in [5, 5.41) is 14.9. The van der Waals surface area contributed by atoms with Crippen LogP contribution >= 0.6 is 0 Å². The monoisotopic (exact) mass is 286 g/mol. The van der Waals surface area contributed by atoms with Gasteiger partial charge in [0.05, 0.1) is 5.69 Å². The number of piperidine rings is 1. The summed E-state index contributed by atoms with van der Waals surface area (Å²) in [5.41, 5.74) is 2.12. The summed E-state index contributed by atoms with van der Waals surface area (Å²) in [7, 11) is 2.21. The molecule has 2 heterocycles. The van der Waals surface area contributed by atoms with Crippen molar-refractivity contribution in [3.8, 4) is 5.69 Å². The van der Waals surface area contributed by atoms with Crippen molar-refractivity contribution < 1.29 is 0 Å². The molecule has 1 aromatic heterocycles. The average Bonchev–Trinajstić information content (AvgIpc) is 3.00. The molecule has 3 atom stereocenters. The van der Waals surface area contributed by atoms with E-state index in [-0.39, 0.29) is 0 Å². The van der Waals surface area contributed by atoms with Gasteiger partial charge in [-0.05, 0) is 61.0 Å². The third-order valence-electron chi connectivity index (χ3n) is 4.44. The maximum Gasteiger partial charge on any atom is 0.143 e. The van der Waals surface area contributed by atoms with Gasteiger partial charge in [0, 0.05) is 24.3 Å². The molecule has 3 rings (SSSR count). The van der Waals surface area contributed by atoms with Gasteiger partial charge >= 0.3 is 0 Å². The van der Waals surface area contributed by atoms with Crippen LogP contribution in [0.4, 0.5) is 5.69 Å². The number of hydrogen-bond acceptors (Lipinski definition) is 5. The van der Waals surface area contributed by atoms with E-state index in [1.807, 2.05) is 12.1 Å². The first kappa shape index (κ1) is 14.0. The molecule has 1 aromatic carbocycles. The van der Waals surface area contributed by atoms with Gasteiger partial charge in [-0.25, -0.2) is 4.68 Å². The van der Waals surface area contributed by atoms with E-state index in [0.717, 1.165) is 17.9 Å². The van der Waals surface area contributed by atoms with Gasteiger partial charge in [0.25, 0.3) is 0 Å². The third kappa shape index (κ3) is 3.05. The number of hydrogen-bond donors (Lipinski definition) is 1. The zero-order chi connectivity index (χ0) is 14.8. The number of rotatable bonds is 3. The number of tetrazole rings is 1. The van der Waals surface area contributed by atoms with Crippen LogP contribution in [0, 0.1) is 5.92 Å². The summed E-state index contributed by atoms with van der Waals surface area (Å²) in [6.45, 7) is 5.75. The fourth-order valence-electron chi connectivity index (χ4n) is 2.95. The number of anilines is 1. The molecular formula is C15H22N6. The van der Waals surface area contributed by atoms with Crippen LogP contribution in [-0.2, 0) is 0 Å². The van der Waals surface area contributed by atoms with Crippen molar-refractivity contribution in [2.24, 2.45) is 5.92 Å². The lowest BCUT2D eigenvalue weighted by atomic mass is 9.89. The number of nitrogens with one attached hydrogen (secondary N) is 1. The van der Waals surface area contributed by atoms with Crippen molar-refractivity contribution in [3.63, 3.8) is 0 Å². The first-order valence-corrected chi connectivity index (χ1v) is 7.43. The minimum absolute atomic E-state index is 0.523. The fourth-order valence-corrected chi connectivity index (χ4v) is 2.95. The number of aromatic nitrogens is 4. The molecule has 1 fully saturated rings. The largest absolute Gasteiger partial charge is 0.382 e. The Hall–Kier alpha value is -1.95. The second-order valence-corrected chi connectivity index (χ2v) is 6.05. The predicted molar refractivity (Wildman–Crippen MR) is 82.4 cm³/mol. The lowest BCUT2D eigenvalue weighted by molar-refractivity contribution is 0.145. The van der Waals surface area contributed by atoms with Crippen LogP contribution in [0.2, 0.25) is 0 Å². The molecule has 0 saturated carbocycles. The molecule has 112 valence electrons. The normalized spacial score (nSPS) is 26.7. The Balaban J connectivity index is 1.68. The van der Waals surface area contributed by atoms with Crippen LogP contribution in [-0.4, -0.2) is 50.8 Å². The average molecular weight is 286 g/mol. The molecule has 0 spiro atoms. The highest BCUT2D eigenvalue weighted by molar-refractivity contribution is 5.49. The highest BCUT2D eigenvalue weighted by atomic mass is 15.5. The highest BCUT2D eigenvalue weighted by Crippen LogP contribution is 2.24. The summed E-state index contributed by atoms with van der Waals surface area (Å²) in [5.74, 6) is 0.644. The van der Waals surface area contributed by atoms with Crippen molar-refractivity contribution >= 4 is 5.69 Å². The first-order valence-electron chi connectivity index (χ1n) is 7.43. The van der Waals surface area contributed by atoms with Crippen molar-refractivity contribution in [2.45, 2.75) is 32.4 Å². The van der Waals surface area contributed by atoms with E-state index in [4.69, 9.17) is 0 Å². The standard InChI is InChI=1S/C15H22N6/c1-11-9-20(3)12(2)8-15(11)17-13-4-6-14(7-5-13)21-10-16-18-19-21/h4-7,10-12,15,17H,8-9H2,1-3H3. The first-order chi connectivity index (χ1) is 10.1. The molecule has 0 bridgehead atoms.